The van der Waals surface area contributed by atoms with Crippen LogP contribution in [0.5, 0.6) is 0 Å². The van der Waals surface area contributed by atoms with Gasteiger partial charge in [0.05, 0.1) is 24.2 Å². The molecular formula is C25H20ClNO5. The number of benzene rings is 2. The summed E-state index contributed by atoms with van der Waals surface area (Å²) in [6.07, 6.45) is 0. The van der Waals surface area contributed by atoms with Gasteiger partial charge in [-0.05, 0) is 55.6 Å². The van der Waals surface area contributed by atoms with E-state index in [0.29, 0.717) is 21.6 Å². The van der Waals surface area contributed by atoms with Crippen molar-refractivity contribution in [3.8, 4) is 0 Å². The van der Waals surface area contributed by atoms with E-state index in [1.54, 1.807) is 48.6 Å². The van der Waals surface area contributed by atoms with Crippen LogP contribution >= 0.6 is 11.6 Å². The molecule has 0 aliphatic rings. The van der Waals surface area contributed by atoms with Crippen molar-refractivity contribution in [2.75, 3.05) is 13.2 Å². The molecule has 0 spiro atoms. The predicted octanol–water partition coefficient (Wildman–Crippen LogP) is 5.33. The fourth-order valence-corrected chi connectivity index (χ4v) is 3.89. The minimum Gasteiger partial charge on any atom is -0.462 e. The first-order valence-electron chi connectivity index (χ1n) is 10.2. The van der Waals surface area contributed by atoms with Gasteiger partial charge >= 0.3 is 11.9 Å². The summed E-state index contributed by atoms with van der Waals surface area (Å²) in [5.41, 5.74) is 1.32. The van der Waals surface area contributed by atoms with E-state index in [2.05, 4.69) is 0 Å². The maximum Gasteiger partial charge on any atom is 0.341 e. The van der Waals surface area contributed by atoms with Gasteiger partial charge in [0.25, 0.3) is 0 Å². The molecule has 2 aromatic heterocycles. The lowest BCUT2D eigenvalue weighted by Gasteiger charge is -2.09. The van der Waals surface area contributed by atoms with Gasteiger partial charge < -0.3 is 13.9 Å². The summed E-state index contributed by atoms with van der Waals surface area (Å²) < 4.78 is 12.1. The average Bonchev–Trinajstić information content (AvgIpc) is 3.15. The van der Waals surface area contributed by atoms with Crippen LogP contribution in [0.3, 0.4) is 0 Å². The van der Waals surface area contributed by atoms with Crippen molar-refractivity contribution >= 4 is 45.7 Å². The molecule has 0 fully saturated rings. The second-order valence-corrected chi connectivity index (χ2v) is 7.42. The normalized spacial score (nSPS) is 11.0. The Balaban J connectivity index is 2.15. The summed E-state index contributed by atoms with van der Waals surface area (Å²) in [5.74, 6) is -1.90. The van der Waals surface area contributed by atoms with Crippen molar-refractivity contribution in [2.45, 2.75) is 13.8 Å². The van der Waals surface area contributed by atoms with Crippen LogP contribution in [0.25, 0.3) is 16.4 Å². The van der Waals surface area contributed by atoms with E-state index in [0.717, 1.165) is 5.39 Å². The number of hydrogen-bond acceptors (Lipinski definition) is 5. The van der Waals surface area contributed by atoms with Gasteiger partial charge in [-0.3, -0.25) is 4.79 Å². The van der Waals surface area contributed by atoms with Crippen LogP contribution in [-0.2, 0) is 9.47 Å². The number of aromatic nitrogens is 1. The Hall–Kier alpha value is -3.64. The fourth-order valence-electron chi connectivity index (χ4n) is 3.76. The molecule has 0 amide bonds. The monoisotopic (exact) mass is 449 g/mol. The van der Waals surface area contributed by atoms with E-state index >= 15 is 0 Å². The Morgan fingerprint density at radius 1 is 0.781 bits per heavy atom. The molecule has 0 N–H and O–H groups in total. The molecule has 7 heteroatoms. The summed E-state index contributed by atoms with van der Waals surface area (Å²) in [4.78, 5) is 39.8. The van der Waals surface area contributed by atoms with E-state index in [1.807, 2.05) is 30.3 Å². The molecule has 0 aliphatic carbocycles. The third-order valence-corrected chi connectivity index (χ3v) is 5.34. The number of fused-ring (bicyclic) bond motifs is 3. The fraction of sp³-hybridized carbons (Fsp3) is 0.160. The van der Waals surface area contributed by atoms with E-state index < -0.39 is 17.7 Å². The zero-order chi connectivity index (χ0) is 22.8. The number of hydrogen-bond donors (Lipinski definition) is 0. The lowest BCUT2D eigenvalue weighted by molar-refractivity contribution is 0.0480. The Kier molecular flexibility index (Phi) is 5.97. The van der Waals surface area contributed by atoms with Gasteiger partial charge in [0.1, 0.15) is 16.8 Å². The molecule has 162 valence electrons. The molecule has 0 radical (unpaired) electrons. The third-order valence-electron chi connectivity index (χ3n) is 5.09. The van der Waals surface area contributed by atoms with Crippen molar-refractivity contribution < 1.29 is 23.9 Å². The minimum absolute atomic E-state index is 0.00775. The summed E-state index contributed by atoms with van der Waals surface area (Å²) in [6.45, 7) is 3.54. The first-order valence-corrected chi connectivity index (χ1v) is 10.6. The molecule has 4 aromatic rings. The standard InChI is InChI=1S/C25H20ClNO5/c1-3-31-24(29)20-19-14-11-15-7-5-6-8-18(15)27(19)22(21(20)25(30)32-4-2)23(28)16-9-12-17(26)13-10-16/h5-14H,3-4H2,1-2H3. The SMILES string of the molecule is CCOC(=O)c1c(C(=O)OCC)c2ccc3ccccc3n2c1C(=O)c1ccc(Cl)cc1. The summed E-state index contributed by atoms with van der Waals surface area (Å²) in [6, 6.07) is 17.3. The molecule has 0 atom stereocenters. The molecular weight excluding hydrogens is 430 g/mol. The van der Waals surface area contributed by atoms with Gasteiger partial charge in [-0.25, -0.2) is 9.59 Å². The number of halogens is 1. The summed E-state index contributed by atoms with van der Waals surface area (Å²) in [7, 11) is 0. The minimum atomic E-state index is -0.763. The van der Waals surface area contributed by atoms with Crippen molar-refractivity contribution in [3.63, 3.8) is 0 Å². The topological polar surface area (TPSA) is 74.1 Å². The lowest BCUT2D eigenvalue weighted by atomic mass is 10.0. The first kappa shape index (κ1) is 21.6. The largest absolute Gasteiger partial charge is 0.462 e. The molecule has 4 rings (SSSR count). The summed E-state index contributed by atoms with van der Waals surface area (Å²) >= 11 is 5.99. The first-order chi connectivity index (χ1) is 15.5. The highest BCUT2D eigenvalue weighted by molar-refractivity contribution is 6.30. The smallest absolute Gasteiger partial charge is 0.341 e. The van der Waals surface area contributed by atoms with Crippen LogP contribution in [0.1, 0.15) is 50.6 Å². The van der Waals surface area contributed by atoms with E-state index in [4.69, 9.17) is 21.1 Å². The Labute approximate surface area is 189 Å². The number of carbonyl (C=O) groups is 3. The van der Waals surface area contributed by atoms with Gasteiger partial charge in [0.2, 0.25) is 5.78 Å². The Morgan fingerprint density at radius 3 is 2.06 bits per heavy atom. The lowest BCUT2D eigenvalue weighted by Crippen LogP contribution is -2.17. The second kappa shape index (κ2) is 8.85. The highest BCUT2D eigenvalue weighted by atomic mass is 35.5. The van der Waals surface area contributed by atoms with Gasteiger partial charge in [-0.1, -0.05) is 35.9 Å². The quantitative estimate of drug-likeness (QED) is 0.294. The van der Waals surface area contributed by atoms with E-state index in [9.17, 15) is 14.4 Å². The second-order valence-electron chi connectivity index (χ2n) is 6.99. The highest BCUT2D eigenvalue weighted by Crippen LogP contribution is 2.31. The molecule has 2 aromatic carbocycles. The zero-order valence-electron chi connectivity index (χ0n) is 17.6. The molecule has 6 nitrogen and oxygen atoms in total. The molecule has 0 saturated heterocycles. The van der Waals surface area contributed by atoms with Crippen molar-refractivity contribution in [2.24, 2.45) is 0 Å². The van der Waals surface area contributed by atoms with Gasteiger partial charge in [-0.2, -0.15) is 0 Å². The van der Waals surface area contributed by atoms with Crippen LogP contribution in [0.4, 0.5) is 0 Å². The maximum absolute atomic E-state index is 13.7. The van der Waals surface area contributed by atoms with E-state index in [1.165, 1.54) is 0 Å². The molecule has 0 aliphatic heterocycles. The van der Waals surface area contributed by atoms with Crippen molar-refractivity contribution in [1.82, 2.24) is 4.40 Å². The maximum atomic E-state index is 13.7. The van der Waals surface area contributed by atoms with Crippen LogP contribution in [0.15, 0.2) is 60.7 Å². The van der Waals surface area contributed by atoms with Crippen LogP contribution in [0.2, 0.25) is 5.02 Å². The van der Waals surface area contributed by atoms with Crippen LogP contribution < -0.4 is 0 Å². The number of esters is 2. The third kappa shape index (κ3) is 3.63. The van der Waals surface area contributed by atoms with Gasteiger partial charge in [0.15, 0.2) is 0 Å². The van der Waals surface area contributed by atoms with E-state index in [-0.39, 0.29) is 30.0 Å². The molecule has 32 heavy (non-hydrogen) atoms. The number of nitrogens with zero attached hydrogens (tertiary/aromatic N) is 1. The van der Waals surface area contributed by atoms with Crippen molar-refractivity contribution in [1.29, 1.82) is 0 Å². The molecule has 0 unspecified atom stereocenters. The van der Waals surface area contributed by atoms with Crippen LogP contribution in [0, 0.1) is 0 Å². The highest BCUT2D eigenvalue weighted by Gasteiger charge is 2.34. The summed E-state index contributed by atoms with van der Waals surface area (Å²) in [5, 5.41) is 1.32. The number of ether oxygens (including phenoxy) is 2. The predicted molar refractivity (Wildman–Crippen MR) is 122 cm³/mol. The Morgan fingerprint density at radius 2 is 1.41 bits per heavy atom. The zero-order valence-corrected chi connectivity index (χ0v) is 18.3. The molecule has 0 saturated carbocycles. The van der Waals surface area contributed by atoms with Gasteiger partial charge in [-0.15, -0.1) is 0 Å². The molecule has 2 heterocycles. The number of para-hydroxylation sites is 1. The van der Waals surface area contributed by atoms with Crippen LogP contribution in [-0.4, -0.2) is 35.3 Å². The number of pyridine rings is 1. The number of ketones is 1. The number of rotatable bonds is 6. The average molecular weight is 450 g/mol. The van der Waals surface area contributed by atoms with Gasteiger partial charge in [0, 0.05) is 10.6 Å². The Bertz CT molecular complexity index is 1350. The van der Waals surface area contributed by atoms with Crippen molar-refractivity contribution in [3.05, 3.63) is 88.1 Å². The number of carbonyl (C=O) groups excluding carboxylic acids is 3. The molecule has 0 bridgehead atoms.